The number of ketones is 1. The molecule has 0 spiro atoms. The molecule has 6 heteroatoms. The third kappa shape index (κ3) is 4.25. The molecule has 1 unspecified atom stereocenters. The molecule has 1 aromatic rings. The number of aliphatic hydroxyl groups excluding tert-OH is 1. The maximum atomic E-state index is 12.5. The van der Waals surface area contributed by atoms with Crippen molar-refractivity contribution in [2.75, 3.05) is 20.3 Å². The molecule has 0 bridgehead atoms. The lowest BCUT2D eigenvalue weighted by Gasteiger charge is -2.27. The van der Waals surface area contributed by atoms with Gasteiger partial charge in [0, 0.05) is 26.7 Å². The van der Waals surface area contributed by atoms with Crippen molar-refractivity contribution in [3.8, 4) is 5.75 Å². The Hall–Kier alpha value is -2.34. The lowest BCUT2D eigenvalue weighted by molar-refractivity contribution is -0.129. The maximum absolute atomic E-state index is 12.5. The van der Waals surface area contributed by atoms with Crippen LogP contribution >= 0.6 is 0 Å². The minimum absolute atomic E-state index is 0.0561. The number of carbonyl (C=O) groups is 2. The van der Waals surface area contributed by atoms with Crippen LogP contribution in [0.4, 0.5) is 0 Å². The van der Waals surface area contributed by atoms with Gasteiger partial charge < -0.3 is 19.5 Å². The largest absolute Gasteiger partial charge is 0.503 e. The number of hydrogen-bond acceptors (Lipinski definition) is 5. The molecule has 1 aromatic carbocycles. The van der Waals surface area contributed by atoms with Crippen LogP contribution in [0.3, 0.4) is 0 Å². The Morgan fingerprint density at radius 3 is 2.46 bits per heavy atom. The number of methoxy groups -OCH3 is 1. The minimum Gasteiger partial charge on any atom is -0.503 e. The van der Waals surface area contributed by atoms with Gasteiger partial charge >= 0.3 is 0 Å². The first-order valence-electron chi connectivity index (χ1n) is 8.93. The van der Waals surface area contributed by atoms with E-state index in [1.807, 2.05) is 38.1 Å². The molecule has 1 heterocycles. The van der Waals surface area contributed by atoms with Crippen molar-refractivity contribution in [2.45, 2.75) is 45.8 Å². The molecule has 6 nitrogen and oxygen atoms in total. The Balaban J connectivity index is 2.36. The average molecular weight is 361 g/mol. The number of carbonyl (C=O) groups excluding carboxylic acids is 2. The van der Waals surface area contributed by atoms with Crippen LogP contribution in [0.25, 0.3) is 0 Å². The van der Waals surface area contributed by atoms with Gasteiger partial charge in [-0.05, 0) is 38.0 Å². The van der Waals surface area contributed by atoms with Gasteiger partial charge in [0.1, 0.15) is 5.75 Å². The van der Waals surface area contributed by atoms with E-state index in [0.717, 1.165) is 11.3 Å². The van der Waals surface area contributed by atoms with Crippen LogP contribution in [-0.4, -0.2) is 48.1 Å². The second kappa shape index (κ2) is 8.85. The van der Waals surface area contributed by atoms with E-state index in [-0.39, 0.29) is 23.9 Å². The Bertz CT molecular complexity index is 678. The fourth-order valence-electron chi connectivity index (χ4n) is 3.09. The highest BCUT2D eigenvalue weighted by Crippen LogP contribution is 2.38. The summed E-state index contributed by atoms with van der Waals surface area (Å²) in [6.07, 6.45) is 0.901. The predicted octanol–water partition coefficient (Wildman–Crippen LogP) is 3.18. The van der Waals surface area contributed by atoms with E-state index in [1.165, 1.54) is 4.90 Å². The van der Waals surface area contributed by atoms with Gasteiger partial charge in [-0.1, -0.05) is 19.1 Å². The zero-order valence-electron chi connectivity index (χ0n) is 15.8. The Morgan fingerprint density at radius 1 is 1.27 bits per heavy atom. The monoisotopic (exact) mass is 361 g/mol. The summed E-state index contributed by atoms with van der Waals surface area (Å²) in [5.74, 6) is -0.458. The van der Waals surface area contributed by atoms with Gasteiger partial charge in [0.05, 0.1) is 17.7 Å². The molecule has 1 aliphatic heterocycles. The van der Waals surface area contributed by atoms with Gasteiger partial charge in [0.25, 0.3) is 5.91 Å². The summed E-state index contributed by atoms with van der Waals surface area (Å²) in [6.45, 7) is 6.50. The van der Waals surface area contributed by atoms with E-state index >= 15 is 0 Å². The molecule has 0 aromatic heterocycles. The number of benzene rings is 1. The van der Waals surface area contributed by atoms with Crippen molar-refractivity contribution in [3.63, 3.8) is 0 Å². The fraction of sp³-hybridized carbons (Fsp3) is 0.500. The van der Waals surface area contributed by atoms with Crippen molar-refractivity contribution in [1.82, 2.24) is 4.90 Å². The molecule has 1 aliphatic rings. The summed E-state index contributed by atoms with van der Waals surface area (Å²) in [5, 5.41) is 10.3. The summed E-state index contributed by atoms with van der Waals surface area (Å²) >= 11 is 0. The molecule has 0 radical (unpaired) electrons. The highest BCUT2D eigenvalue weighted by Gasteiger charge is 2.42. The van der Waals surface area contributed by atoms with E-state index in [0.29, 0.717) is 19.6 Å². The number of amides is 1. The molecule has 142 valence electrons. The van der Waals surface area contributed by atoms with Gasteiger partial charge in [-0.15, -0.1) is 0 Å². The molecule has 0 fully saturated rings. The van der Waals surface area contributed by atoms with E-state index < -0.39 is 17.7 Å². The quantitative estimate of drug-likeness (QED) is 0.684. The van der Waals surface area contributed by atoms with Gasteiger partial charge in [-0.25, -0.2) is 0 Å². The van der Waals surface area contributed by atoms with E-state index in [9.17, 15) is 14.7 Å². The zero-order chi connectivity index (χ0) is 19.3. The number of nitrogens with zero attached hydrogens (tertiary/aromatic N) is 1. The molecular formula is C20H27NO5. The van der Waals surface area contributed by atoms with Crippen LogP contribution < -0.4 is 4.74 Å². The second-order valence-corrected chi connectivity index (χ2v) is 6.52. The first-order chi connectivity index (χ1) is 12.4. The standard InChI is InChI=1S/C20H27NO5/c1-5-16(22)17-18(14-7-9-15(10-8-14)26-13(2)3)21(11-6-12-25-4)20(24)19(17)23/h7-10,13,18,23H,5-6,11-12H2,1-4H3. The number of hydrogen-bond donors (Lipinski definition) is 1. The van der Waals surface area contributed by atoms with Crippen LogP contribution in [0.1, 0.15) is 45.2 Å². The fourth-order valence-corrected chi connectivity index (χ4v) is 3.09. The van der Waals surface area contributed by atoms with Gasteiger partial charge in [0.15, 0.2) is 11.5 Å². The van der Waals surface area contributed by atoms with Crippen molar-refractivity contribution in [3.05, 3.63) is 41.2 Å². The van der Waals surface area contributed by atoms with E-state index in [1.54, 1.807) is 14.0 Å². The van der Waals surface area contributed by atoms with Crippen molar-refractivity contribution in [1.29, 1.82) is 0 Å². The highest BCUT2D eigenvalue weighted by atomic mass is 16.5. The molecule has 26 heavy (non-hydrogen) atoms. The van der Waals surface area contributed by atoms with Crippen molar-refractivity contribution >= 4 is 11.7 Å². The number of rotatable bonds is 9. The minimum atomic E-state index is -0.583. The van der Waals surface area contributed by atoms with Gasteiger partial charge in [-0.3, -0.25) is 9.59 Å². The van der Waals surface area contributed by atoms with Gasteiger partial charge in [0.2, 0.25) is 0 Å². The Labute approximate surface area is 154 Å². The molecule has 1 N–H and O–H groups in total. The zero-order valence-corrected chi connectivity index (χ0v) is 15.8. The van der Waals surface area contributed by atoms with Gasteiger partial charge in [-0.2, -0.15) is 0 Å². The summed E-state index contributed by atoms with van der Waals surface area (Å²) in [5.41, 5.74) is 0.945. The lowest BCUT2D eigenvalue weighted by atomic mass is 9.95. The normalized spacial score (nSPS) is 17.3. The molecule has 1 amide bonds. The lowest BCUT2D eigenvalue weighted by Crippen LogP contribution is -2.32. The summed E-state index contributed by atoms with van der Waals surface area (Å²) in [6, 6.07) is 6.72. The highest BCUT2D eigenvalue weighted by molar-refractivity contribution is 6.08. The van der Waals surface area contributed by atoms with E-state index in [4.69, 9.17) is 9.47 Å². The number of Topliss-reactive ketones (excluding diaryl/α,β-unsaturated/α-hetero) is 1. The van der Waals surface area contributed by atoms with Crippen LogP contribution in [0.5, 0.6) is 5.75 Å². The SMILES string of the molecule is CCC(=O)C1=C(O)C(=O)N(CCCOC)C1c1ccc(OC(C)C)cc1. The number of ether oxygens (including phenoxy) is 2. The first-order valence-corrected chi connectivity index (χ1v) is 8.93. The van der Waals surface area contributed by atoms with E-state index in [2.05, 4.69) is 0 Å². The van der Waals surface area contributed by atoms with Crippen LogP contribution in [-0.2, 0) is 14.3 Å². The van der Waals surface area contributed by atoms with Crippen LogP contribution in [0.15, 0.2) is 35.6 Å². The molecule has 2 rings (SSSR count). The summed E-state index contributed by atoms with van der Waals surface area (Å²) in [7, 11) is 1.60. The number of aliphatic hydroxyl groups is 1. The molecule has 0 saturated heterocycles. The van der Waals surface area contributed by atoms with Crippen molar-refractivity contribution < 1.29 is 24.2 Å². The summed E-state index contributed by atoms with van der Waals surface area (Å²) < 4.78 is 10.7. The Kier molecular flexibility index (Phi) is 6.80. The first kappa shape index (κ1) is 20.0. The van der Waals surface area contributed by atoms with Crippen LogP contribution in [0.2, 0.25) is 0 Å². The predicted molar refractivity (Wildman–Crippen MR) is 98.1 cm³/mol. The maximum Gasteiger partial charge on any atom is 0.290 e. The smallest absolute Gasteiger partial charge is 0.290 e. The average Bonchev–Trinajstić information content (AvgIpc) is 2.86. The third-order valence-corrected chi connectivity index (χ3v) is 4.24. The molecule has 0 saturated carbocycles. The third-order valence-electron chi connectivity index (χ3n) is 4.24. The molecular weight excluding hydrogens is 334 g/mol. The molecule has 1 atom stereocenters. The second-order valence-electron chi connectivity index (χ2n) is 6.52. The molecule has 0 aliphatic carbocycles. The van der Waals surface area contributed by atoms with Crippen molar-refractivity contribution in [2.24, 2.45) is 0 Å². The summed E-state index contributed by atoms with van der Waals surface area (Å²) in [4.78, 5) is 26.5. The van der Waals surface area contributed by atoms with Crippen LogP contribution in [0, 0.1) is 0 Å². The topological polar surface area (TPSA) is 76.1 Å². The Morgan fingerprint density at radius 2 is 1.92 bits per heavy atom.